The molecule has 1 rings (SSSR count). The van der Waals surface area contributed by atoms with Crippen LogP contribution in [-0.2, 0) is 15.6 Å². The number of carbonyl (C=O) groups is 1. The van der Waals surface area contributed by atoms with Crippen molar-refractivity contribution < 1.29 is 9.00 Å². The Morgan fingerprint density at radius 3 is 2.63 bits per heavy atom. The van der Waals surface area contributed by atoms with Crippen LogP contribution in [0, 0.1) is 0 Å². The molecule has 1 N–H and O–H groups in total. The number of nitrogens with one attached hydrogen (secondary N) is 1. The van der Waals surface area contributed by atoms with Crippen LogP contribution in [0.3, 0.4) is 0 Å². The third-order valence-corrected chi connectivity index (χ3v) is 5.30. The zero-order valence-corrected chi connectivity index (χ0v) is 13.5. The van der Waals surface area contributed by atoms with Crippen molar-refractivity contribution in [2.75, 3.05) is 12.8 Å². The predicted octanol–water partition coefficient (Wildman–Crippen LogP) is 1.87. The van der Waals surface area contributed by atoms with E-state index in [0.717, 1.165) is 32.1 Å². The lowest BCUT2D eigenvalue weighted by Crippen LogP contribution is -2.38. The normalized spacial score (nSPS) is 26.7. The first-order valence-corrected chi connectivity index (χ1v) is 9.02. The maximum atomic E-state index is 12.4. The number of amides is 1. The van der Waals surface area contributed by atoms with E-state index >= 15 is 0 Å². The Bertz CT molecular complexity index is 323. The SMILES string of the molecule is CCCCC1NC(CC)N(CCC(C)S(C)=O)C1=O. The first kappa shape index (κ1) is 16.6. The van der Waals surface area contributed by atoms with E-state index in [2.05, 4.69) is 19.2 Å². The molecule has 112 valence electrons. The zero-order chi connectivity index (χ0) is 14.4. The average Bonchev–Trinajstić information content (AvgIpc) is 2.69. The lowest BCUT2D eigenvalue weighted by molar-refractivity contribution is -0.130. The quantitative estimate of drug-likeness (QED) is 0.742. The Hall–Kier alpha value is -0.420. The molecule has 4 atom stereocenters. The predicted molar refractivity (Wildman–Crippen MR) is 80.4 cm³/mol. The van der Waals surface area contributed by atoms with Gasteiger partial charge in [-0.15, -0.1) is 0 Å². The first-order valence-electron chi connectivity index (χ1n) is 7.40. The van der Waals surface area contributed by atoms with Crippen LogP contribution in [0.5, 0.6) is 0 Å². The van der Waals surface area contributed by atoms with Crippen LogP contribution in [0.1, 0.15) is 52.9 Å². The van der Waals surface area contributed by atoms with Gasteiger partial charge in [0.05, 0.1) is 12.2 Å². The lowest BCUT2D eigenvalue weighted by atomic mass is 10.1. The van der Waals surface area contributed by atoms with Crippen LogP contribution in [0.2, 0.25) is 0 Å². The van der Waals surface area contributed by atoms with E-state index in [-0.39, 0.29) is 23.4 Å². The molecule has 1 heterocycles. The molecule has 0 saturated carbocycles. The second-order valence-electron chi connectivity index (χ2n) is 5.42. The molecule has 5 heteroatoms. The summed E-state index contributed by atoms with van der Waals surface area (Å²) < 4.78 is 11.4. The van der Waals surface area contributed by atoms with Crippen molar-refractivity contribution in [1.29, 1.82) is 0 Å². The number of hydrogen-bond acceptors (Lipinski definition) is 3. The molecule has 0 aliphatic carbocycles. The number of unbranched alkanes of at least 4 members (excludes halogenated alkanes) is 1. The molecule has 1 aliphatic rings. The van der Waals surface area contributed by atoms with Gasteiger partial charge in [-0.2, -0.15) is 0 Å². The van der Waals surface area contributed by atoms with Gasteiger partial charge in [-0.05, 0) is 19.3 Å². The van der Waals surface area contributed by atoms with Crippen molar-refractivity contribution in [3.8, 4) is 0 Å². The number of hydrogen-bond donors (Lipinski definition) is 1. The van der Waals surface area contributed by atoms with Crippen LogP contribution >= 0.6 is 0 Å². The van der Waals surface area contributed by atoms with Gasteiger partial charge >= 0.3 is 0 Å². The van der Waals surface area contributed by atoms with Crippen molar-refractivity contribution in [1.82, 2.24) is 10.2 Å². The minimum atomic E-state index is -0.807. The zero-order valence-electron chi connectivity index (χ0n) is 12.6. The van der Waals surface area contributed by atoms with Gasteiger partial charge in [-0.1, -0.05) is 33.6 Å². The molecule has 0 spiro atoms. The summed E-state index contributed by atoms with van der Waals surface area (Å²) in [7, 11) is -0.807. The summed E-state index contributed by atoms with van der Waals surface area (Å²) in [6.07, 6.45) is 6.77. The highest BCUT2D eigenvalue weighted by Crippen LogP contribution is 2.18. The van der Waals surface area contributed by atoms with Crippen molar-refractivity contribution in [2.24, 2.45) is 0 Å². The Morgan fingerprint density at radius 2 is 2.11 bits per heavy atom. The van der Waals surface area contributed by atoms with Crippen LogP contribution in [0.15, 0.2) is 0 Å². The number of nitrogens with zero attached hydrogens (tertiary/aromatic N) is 1. The summed E-state index contributed by atoms with van der Waals surface area (Å²) in [5.41, 5.74) is 0. The Balaban J connectivity index is 2.54. The third-order valence-electron chi connectivity index (χ3n) is 3.93. The smallest absolute Gasteiger partial charge is 0.241 e. The van der Waals surface area contributed by atoms with E-state index in [1.165, 1.54) is 0 Å². The van der Waals surface area contributed by atoms with E-state index in [1.54, 1.807) is 6.26 Å². The maximum absolute atomic E-state index is 12.4. The van der Waals surface area contributed by atoms with Crippen LogP contribution in [0.4, 0.5) is 0 Å². The number of rotatable bonds is 8. The summed E-state index contributed by atoms with van der Waals surface area (Å²) in [6, 6.07) is -0.00710. The van der Waals surface area contributed by atoms with Gasteiger partial charge in [-0.25, -0.2) is 0 Å². The van der Waals surface area contributed by atoms with Crippen molar-refractivity contribution in [2.45, 2.75) is 70.3 Å². The van der Waals surface area contributed by atoms with Gasteiger partial charge in [0, 0.05) is 28.9 Å². The maximum Gasteiger partial charge on any atom is 0.241 e. The monoisotopic (exact) mass is 288 g/mol. The molecule has 1 aliphatic heterocycles. The summed E-state index contributed by atoms with van der Waals surface area (Å²) in [5, 5.41) is 3.58. The summed E-state index contributed by atoms with van der Waals surface area (Å²) in [4.78, 5) is 14.3. The van der Waals surface area contributed by atoms with Crippen molar-refractivity contribution >= 4 is 16.7 Å². The third kappa shape index (κ3) is 4.56. The van der Waals surface area contributed by atoms with Gasteiger partial charge in [0.25, 0.3) is 0 Å². The van der Waals surface area contributed by atoms with E-state index in [9.17, 15) is 9.00 Å². The summed E-state index contributed by atoms with van der Waals surface area (Å²) in [5.74, 6) is 0.231. The first-order chi connectivity index (χ1) is 9.01. The molecule has 4 nitrogen and oxygen atoms in total. The topological polar surface area (TPSA) is 49.4 Å². The Morgan fingerprint density at radius 1 is 1.42 bits per heavy atom. The molecule has 0 aromatic carbocycles. The van der Waals surface area contributed by atoms with E-state index < -0.39 is 10.8 Å². The molecule has 0 aromatic heterocycles. The highest BCUT2D eigenvalue weighted by atomic mass is 32.2. The van der Waals surface area contributed by atoms with Gasteiger partial charge < -0.3 is 4.90 Å². The average molecular weight is 288 g/mol. The Labute approximate surface area is 119 Å². The minimum Gasteiger partial charge on any atom is -0.326 e. The molecular weight excluding hydrogens is 260 g/mol. The standard InChI is InChI=1S/C14H28N2O2S/c1-5-7-8-12-14(17)16(13(6-2)15-12)10-9-11(3)19(4)18/h11-13,15H,5-10H2,1-4H3. The molecule has 1 amide bonds. The molecule has 0 aromatic rings. The van der Waals surface area contributed by atoms with E-state index in [0.29, 0.717) is 6.54 Å². The Kier molecular flexibility index (Phi) is 7.00. The molecule has 1 fully saturated rings. The molecule has 19 heavy (non-hydrogen) atoms. The van der Waals surface area contributed by atoms with Gasteiger partial charge in [-0.3, -0.25) is 14.3 Å². The van der Waals surface area contributed by atoms with Crippen molar-refractivity contribution in [3.05, 3.63) is 0 Å². The lowest BCUT2D eigenvalue weighted by Gasteiger charge is -2.24. The van der Waals surface area contributed by atoms with E-state index in [1.807, 2.05) is 11.8 Å². The summed E-state index contributed by atoms with van der Waals surface area (Å²) >= 11 is 0. The molecule has 1 saturated heterocycles. The second-order valence-corrected chi connectivity index (χ2v) is 7.22. The highest BCUT2D eigenvalue weighted by molar-refractivity contribution is 7.84. The number of carbonyl (C=O) groups excluding carboxylic acids is 1. The minimum absolute atomic E-state index is 0.00710. The second kappa shape index (κ2) is 8.00. The highest BCUT2D eigenvalue weighted by Gasteiger charge is 2.37. The van der Waals surface area contributed by atoms with E-state index in [4.69, 9.17) is 0 Å². The fraction of sp³-hybridized carbons (Fsp3) is 0.929. The van der Waals surface area contributed by atoms with Gasteiger partial charge in [0.1, 0.15) is 0 Å². The van der Waals surface area contributed by atoms with Crippen LogP contribution in [-0.4, -0.2) is 45.3 Å². The summed E-state index contributed by atoms with van der Waals surface area (Å²) in [6.45, 7) is 6.95. The van der Waals surface area contributed by atoms with Gasteiger partial charge in [0.2, 0.25) is 5.91 Å². The molecular formula is C14H28N2O2S. The fourth-order valence-corrected chi connectivity index (χ4v) is 2.89. The van der Waals surface area contributed by atoms with Gasteiger partial charge in [0.15, 0.2) is 0 Å². The largest absolute Gasteiger partial charge is 0.326 e. The fourth-order valence-electron chi connectivity index (χ4n) is 2.45. The molecule has 4 unspecified atom stereocenters. The molecule has 0 bridgehead atoms. The van der Waals surface area contributed by atoms with Crippen LogP contribution in [0.25, 0.3) is 0 Å². The van der Waals surface area contributed by atoms with Crippen LogP contribution < -0.4 is 5.32 Å². The molecule has 0 radical (unpaired) electrons. The van der Waals surface area contributed by atoms with Crippen molar-refractivity contribution in [3.63, 3.8) is 0 Å².